The zero-order chi connectivity index (χ0) is 14.6. The number of nitrogens with zero attached hydrogens (tertiary/aromatic N) is 2. The molecule has 0 aliphatic heterocycles. The van der Waals surface area contributed by atoms with Crippen molar-refractivity contribution in [3.05, 3.63) is 65.7 Å². The highest BCUT2D eigenvalue weighted by molar-refractivity contribution is 5.80. The van der Waals surface area contributed by atoms with Crippen LogP contribution in [0.2, 0.25) is 0 Å². The molecule has 0 atom stereocenters. The zero-order valence-electron chi connectivity index (χ0n) is 10.8. The normalized spacial score (nSPS) is 11.8. The number of hydrogen-bond acceptors (Lipinski definition) is 2. The molecule has 0 fully saturated rings. The Labute approximate surface area is 115 Å². The van der Waals surface area contributed by atoms with E-state index in [1.54, 1.807) is 12.1 Å². The standard InChI is InChI=1S/C15H13F3N2/c1-20(14-5-3-2-4-6-14)19-11-12-7-9-13(10-8-12)15(16,17)18/h2-11H,1H3. The topological polar surface area (TPSA) is 15.6 Å². The van der Waals surface area contributed by atoms with Crippen molar-refractivity contribution in [3.8, 4) is 0 Å². The van der Waals surface area contributed by atoms with E-state index in [4.69, 9.17) is 0 Å². The van der Waals surface area contributed by atoms with Crippen molar-refractivity contribution in [2.24, 2.45) is 5.10 Å². The molecule has 20 heavy (non-hydrogen) atoms. The lowest BCUT2D eigenvalue weighted by Crippen LogP contribution is -2.08. The van der Waals surface area contributed by atoms with Gasteiger partial charge in [-0.15, -0.1) is 0 Å². The summed E-state index contributed by atoms with van der Waals surface area (Å²) >= 11 is 0. The molecular weight excluding hydrogens is 265 g/mol. The Bertz CT molecular complexity index is 574. The predicted molar refractivity (Wildman–Crippen MR) is 73.9 cm³/mol. The zero-order valence-corrected chi connectivity index (χ0v) is 10.8. The lowest BCUT2D eigenvalue weighted by molar-refractivity contribution is -0.137. The molecule has 2 nitrogen and oxygen atoms in total. The molecule has 5 heteroatoms. The summed E-state index contributed by atoms with van der Waals surface area (Å²) in [4.78, 5) is 0. The average molecular weight is 278 g/mol. The molecule has 0 unspecified atom stereocenters. The van der Waals surface area contributed by atoms with E-state index in [1.165, 1.54) is 18.3 Å². The number of halogens is 3. The number of alkyl halides is 3. The van der Waals surface area contributed by atoms with E-state index in [0.29, 0.717) is 5.56 Å². The minimum absolute atomic E-state index is 0.612. The third kappa shape index (κ3) is 3.60. The van der Waals surface area contributed by atoms with Crippen LogP contribution in [0.4, 0.5) is 18.9 Å². The van der Waals surface area contributed by atoms with Gasteiger partial charge in [-0.05, 0) is 29.8 Å². The van der Waals surface area contributed by atoms with Crippen LogP contribution in [-0.4, -0.2) is 13.3 Å². The van der Waals surface area contributed by atoms with Crippen LogP contribution < -0.4 is 5.01 Å². The fraction of sp³-hybridized carbons (Fsp3) is 0.133. The van der Waals surface area contributed by atoms with Gasteiger partial charge in [0.2, 0.25) is 0 Å². The molecule has 0 aliphatic carbocycles. The number of para-hydroxylation sites is 1. The van der Waals surface area contributed by atoms with Crippen LogP contribution in [0.15, 0.2) is 59.7 Å². The smallest absolute Gasteiger partial charge is 0.269 e. The highest BCUT2D eigenvalue weighted by atomic mass is 19.4. The van der Waals surface area contributed by atoms with Gasteiger partial charge in [-0.2, -0.15) is 18.3 Å². The first-order valence-electron chi connectivity index (χ1n) is 5.97. The molecule has 0 heterocycles. The van der Waals surface area contributed by atoms with Crippen LogP contribution in [0, 0.1) is 0 Å². The van der Waals surface area contributed by atoms with Crippen LogP contribution in [0.5, 0.6) is 0 Å². The molecule has 2 rings (SSSR count). The van der Waals surface area contributed by atoms with Crippen molar-refractivity contribution in [3.63, 3.8) is 0 Å². The largest absolute Gasteiger partial charge is 0.416 e. The quantitative estimate of drug-likeness (QED) is 0.607. The minimum Gasteiger partial charge on any atom is -0.269 e. The minimum atomic E-state index is -4.31. The molecule has 2 aromatic rings. The van der Waals surface area contributed by atoms with Gasteiger partial charge < -0.3 is 0 Å². The van der Waals surface area contributed by atoms with E-state index in [2.05, 4.69) is 5.10 Å². The number of rotatable bonds is 3. The summed E-state index contributed by atoms with van der Waals surface area (Å²) in [5.41, 5.74) is 0.850. The Morgan fingerprint density at radius 3 is 2.10 bits per heavy atom. The monoisotopic (exact) mass is 278 g/mol. The Morgan fingerprint density at radius 1 is 0.950 bits per heavy atom. The van der Waals surface area contributed by atoms with Gasteiger partial charge in [-0.1, -0.05) is 30.3 Å². The molecule has 0 spiro atoms. The van der Waals surface area contributed by atoms with E-state index >= 15 is 0 Å². The summed E-state index contributed by atoms with van der Waals surface area (Å²) in [6, 6.07) is 14.3. The van der Waals surface area contributed by atoms with Crippen molar-refractivity contribution in [1.29, 1.82) is 0 Å². The number of anilines is 1. The first-order chi connectivity index (χ1) is 9.47. The van der Waals surface area contributed by atoms with Crippen LogP contribution in [0.3, 0.4) is 0 Å². The Hall–Kier alpha value is -2.30. The molecule has 104 valence electrons. The Kier molecular flexibility index (Phi) is 4.08. The maximum atomic E-state index is 12.4. The lowest BCUT2D eigenvalue weighted by Gasteiger charge is -2.12. The second-order valence-corrected chi connectivity index (χ2v) is 4.22. The third-order valence-electron chi connectivity index (χ3n) is 2.75. The number of benzene rings is 2. The number of hydrazone groups is 1. The maximum Gasteiger partial charge on any atom is 0.416 e. The van der Waals surface area contributed by atoms with Gasteiger partial charge in [-0.3, -0.25) is 5.01 Å². The summed E-state index contributed by atoms with van der Waals surface area (Å²) in [5.74, 6) is 0. The fourth-order valence-electron chi connectivity index (χ4n) is 1.62. The van der Waals surface area contributed by atoms with Crippen LogP contribution in [0.1, 0.15) is 11.1 Å². The molecule has 0 aliphatic rings. The molecule has 0 amide bonds. The molecule has 2 aromatic carbocycles. The molecule has 0 saturated heterocycles. The summed E-state index contributed by atoms with van der Waals surface area (Å²) < 4.78 is 37.2. The molecule has 0 N–H and O–H groups in total. The molecular formula is C15H13F3N2. The average Bonchev–Trinajstić information content (AvgIpc) is 2.45. The van der Waals surface area contributed by atoms with Crippen molar-refractivity contribution in [2.45, 2.75) is 6.18 Å². The lowest BCUT2D eigenvalue weighted by atomic mass is 10.1. The summed E-state index contributed by atoms with van der Waals surface area (Å²) in [6.45, 7) is 0. The van der Waals surface area contributed by atoms with Crippen molar-refractivity contribution < 1.29 is 13.2 Å². The second kappa shape index (κ2) is 5.77. The van der Waals surface area contributed by atoms with Gasteiger partial charge in [0.15, 0.2) is 0 Å². The van der Waals surface area contributed by atoms with Gasteiger partial charge in [0, 0.05) is 7.05 Å². The summed E-state index contributed by atoms with van der Waals surface area (Å²) in [5, 5.41) is 5.83. The van der Waals surface area contributed by atoms with E-state index in [1.807, 2.05) is 30.3 Å². The van der Waals surface area contributed by atoms with Crippen molar-refractivity contribution >= 4 is 11.9 Å². The van der Waals surface area contributed by atoms with Crippen LogP contribution >= 0.6 is 0 Å². The van der Waals surface area contributed by atoms with E-state index in [9.17, 15) is 13.2 Å². The van der Waals surface area contributed by atoms with Crippen molar-refractivity contribution in [2.75, 3.05) is 12.1 Å². The fourth-order valence-corrected chi connectivity index (χ4v) is 1.62. The summed E-state index contributed by atoms with van der Waals surface area (Å²) in [7, 11) is 1.77. The van der Waals surface area contributed by atoms with Gasteiger partial charge in [-0.25, -0.2) is 0 Å². The van der Waals surface area contributed by atoms with Gasteiger partial charge in [0.1, 0.15) is 0 Å². The molecule has 0 saturated carbocycles. The first-order valence-corrected chi connectivity index (χ1v) is 5.97. The van der Waals surface area contributed by atoms with Gasteiger partial charge >= 0.3 is 6.18 Å². The van der Waals surface area contributed by atoms with Crippen molar-refractivity contribution in [1.82, 2.24) is 0 Å². The van der Waals surface area contributed by atoms with E-state index < -0.39 is 11.7 Å². The third-order valence-corrected chi connectivity index (χ3v) is 2.75. The highest BCUT2D eigenvalue weighted by Gasteiger charge is 2.29. The summed E-state index contributed by atoms with van der Waals surface area (Å²) in [6.07, 6.45) is -2.79. The SMILES string of the molecule is CN(N=Cc1ccc(C(F)(F)F)cc1)c1ccccc1. The van der Waals surface area contributed by atoms with Gasteiger partial charge in [0.25, 0.3) is 0 Å². The second-order valence-electron chi connectivity index (χ2n) is 4.22. The molecule has 0 radical (unpaired) electrons. The molecule has 0 aromatic heterocycles. The van der Waals surface area contributed by atoms with E-state index in [-0.39, 0.29) is 0 Å². The predicted octanol–water partition coefficient (Wildman–Crippen LogP) is 4.18. The van der Waals surface area contributed by atoms with Gasteiger partial charge in [0.05, 0.1) is 17.5 Å². The van der Waals surface area contributed by atoms with Crippen LogP contribution in [0.25, 0.3) is 0 Å². The Balaban J connectivity index is 2.08. The first kappa shape index (κ1) is 14.1. The molecule has 0 bridgehead atoms. The maximum absolute atomic E-state index is 12.4. The highest BCUT2D eigenvalue weighted by Crippen LogP contribution is 2.28. The van der Waals surface area contributed by atoms with Crippen LogP contribution in [-0.2, 0) is 6.18 Å². The number of hydrogen-bond donors (Lipinski definition) is 0. The van der Waals surface area contributed by atoms with E-state index in [0.717, 1.165) is 17.8 Å². The Morgan fingerprint density at radius 2 is 1.55 bits per heavy atom.